The van der Waals surface area contributed by atoms with Crippen LogP contribution in [0.3, 0.4) is 0 Å². The van der Waals surface area contributed by atoms with Gasteiger partial charge in [0.05, 0.1) is 43.2 Å². The number of para-hydroxylation sites is 1. The van der Waals surface area contributed by atoms with Crippen LogP contribution in [-0.4, -0.2) is 94.1 Å². The average molecular weight is 743 g/mol. The lowest BCUT2D eigenvalue weighted by Gasteiger charge is -2.18. The summed E-state index contributed by atoms with van der Waals surface area (Å²) in [5.74, 6) is -2.72. The van der Waals surface area contributed by atoms with Crippen molar-refractivity contribution in [1.82, 2.24) is 36.3 Å². The molecule has 1 aromatic heterocycles. The van der Waals surface area contributed by atoms with Crippen LogP contribution in [0, 0.1) is 11.6 Å². The molecule has 14 nitrogen and oxygen atoms in total. The first-order chi connectivity index (χ1) is 25.2. The molecular weight excluding hydrogens is 698 g/mol. The number of thioether (sulfide) groups is 1. The first kappa shape index (κ1) is 38.6. The number of unbranched alkanes of at least 4 members (excludes halogenated alkanes) is 2. The molecule has 4 amide bonds. The van der Waals surface area contributed by atoms with Crippen LogP contribution in [0.1, 0.15) is 61.0 Å². The summed E-state index contributed by atoms with van der Waals surface area (Å²) >= 11 is 1.87. The minimum Gasteiger partial charge on any atom is -0.480 e. The Kier molecular flexibility index (Phi) is 14.3. The number of nitrogens with one attached hydrogen (secondary N) is 4. The van der Waals surface area contributed by atoms with Crippen LogP contribution in [0.25, 0.3) is 5.69 Å². The number of ketones is 1. The standard InChI is InChI=1S/C35H44F2N8O6S/c36-25-9-6-10-26(37)33(25)51-20-29(46)27(11-3-4-14-38)40-34(48)22-7-5-8-24(17-22)45-18-23(43-44-45)19-50-16-15-39-31(47)13-2-1-12-30-32-28(21-52-30)41-35(49)42-32/h5-10,17-18,27-28,30,32H,1-4,11-16,19-21,38H2,(H,39,47)(H,40,48)(H2,41,42,49)/t27-,28-,30-,32-/m0/s1. The predicted octanol–water partition coefficient (Wildman–Crippen LogP) is 2.78. The molecule has 52 heavy (non-hydrogen) atoms. The van der Waals surface area contributed by atoms with Crippen LogP contribution in [0.5, 0.6) is 5.75 Å². The van der Waals surface area contributed by atoms with Crippen molar-refractivity contribution >= 4 is 35.4 Å². The number of amides is 4. The molecular formula is C35H44F2N8O6S. The van der Waals surface area contributed by atoms with Crippen molar-refractivity contribution in [2.24, 2.45) is 5.73 Å². The van der Waals surface area contributed by atoms with Crippen molar-refractivity contribution in [1.29, 1.82) is 0 Å². The summed E-state index contributed by atoms with van der Waals surface area (Å²) in [5, 5.41) is 20.1. The SMILES string of the molecule is NCCCC[C@H](NC(=O)c1cccc(-n2cc(COCCNC(=O)CCCC[C@@H]3SC[C@@H]4NC(=O)N[C@@H]43)nn2)c1)C(=O)COc1c(F)cccc1F. The molecule has 0 spiro atoms. The summed E-state index contributed by atoms with van der Waals surface area (Å²) in [5.41, 5.74) is 6.93. The molecule has 0 radical (unpaired) electrons. The molecule has 0 unspecified atom stereocenters. The summed E-state index contributed by atoms with van der Waals surface area (Å²) < 4.78 is 40.3. The van der Waals surface area contributed by atoms with Gasteiger partial charge in [-0.15, -0.1) is 5.10 Å². The highest BCUT2D eigenvalue weighted by atomic mass is 32.2. The van der Waals surface area contributed by atoms with Gasteiger partial charge < -0.3 is 36.5 Å². The number of rotatable bonds is 21. The maximum absolute atomic E-state index is 14.0. The van der Waals surface area contributed by atoms with Crippen LogP contribution in [0.15, 0.2) is 48.7 Å². The van der Waals surface area contributed by atoms with E-state index in [0.29, 0.717) is 49.0 Å². The van der Waals surface area contributed by atoms with Crippen molar-refractivity contribution in [2.45, 2.75) is 74.9 Å². The van der Waals surface area contributed by atoms with E-state index in [9.17, 15) is 28.0 Å². The Bertz CT molecular complexity index is 1680. The molecule has 2 saturated heterocycles. The monoisotopic (exact) mass is 742 g/mol. The maximum Gasteiger partial charge on any atom is 0.315 e. The van der Waals surface area contributed by atoms with Gasteiger partial charge >= 0.3 is 6.03 Å². The molecule has 2 aliphatic rings. The number of hydrogen-bond acceptors (Lipinski definition) is 10. The number of nitrogens with zero attached hydrogens (tertiary/aromatic N) is 3. The topological polar surface area (TPSA) is 192 Å². The van der Waals surface area contributed by atoms with Crippen molar-refractivity contribution in [3.63, 3.8) is 0 Å². The molecule has 3 aromatic rings. The molecule has 0 bridgehead atoms. The van der Waals surface area contributed by atoms with Crippen molar-refractivity contribution in [3.8, 4) is 11.4 Å². The first-order valence-corrected chi connectivity index (χ1v) is 18.4. The zero-order valence-electron chi connectivity index (χ0n) is 28.7. The Morgan fingerprint density at radius 2 is 1.88 bits per heavy atom. The van der Waals surface area contributed by atoms with E-state index in [1.165, 1.54) is 10.7 Å². The summed E-state index contributed by atoms with van der Waals surface area (Å²) in [6, 6.07) is 9.12. The molecule has 5 rings (SSSR count). The van der Waals surface area contributed by atoms with Crippen molar-refractivity contribution in [3.05, 3.63) is 71.6 Å². The molecule has 2 fully saturated rings. The van der Waals surface area contributed by atoms with Crippen molar-refractivity contribution in [2.75, 3.05) is 32.1 Å². The lowest BCUT2D eigenvalue weighted by molar-refractivity contribution is -0.123. The first-order valence-electron chi connectivity index (χ1n) is 17.4. The zero-order chi connectivity index (χ0) is 36.9. The lowest BCUT2D eigenvalue weighted by atomic mass is 10.0. The normalized spacial score (nSPS) is 18.3. The Balaban J connectivity index is 1.02. The van der Waals surface area contributed by atoms with E-state index in [1.54, 1.807) is 30.5 Å². The lowest BCUT2D eigenvalue weighted by Crippen LogP contribution is -2.43. The van der Waals surface area contributed by atoms with Gasteiger partial charge in [-0.05, 0) is 69.0 Å². The van der Waals surface area contributed by atoms with Gasteiger partial charge in [-0.3, -0.25) is 14.4 Å². The van der Waals surface area contributed by atoms with Gasteiger partial charge in [0.15, 0.2) is 23.2 Å². The van der Waals surface area contributed by atoms with Gasteiger partial charge in [-0.2, -0.15) is 11.8 Å². The largest absolute Gasteiger partial charge is 0.480 e. The van der Waals surface area contributed by atoms with Gasteiger partial charge in [-0.25, -0.2) is 18.3 Å². The van der Waals surface area contributed by atoms with Crippen LogP contribution in [0.4, 0.5) is 13.6 Å². The molecule has 280 valence electrons. The van der Waals surface area contributed by atoms with Crippen LogP contribution < -0.4 is 31.7 Å². The number of carbonyl (C=O) groups excluding carboxylic acids is 4. The molecule has 3 heterocycles. The van der Waals surface area contributed by atoms with Crippen molar-refractivity contribution < 1.29 is 37.4 Å². The number of aromatic nitrogens is 3. The minimum absolute atomic E-state index is 0.0382. The number of hydrogen-bond donors (Lipinski definition) is 5. The number of Topliss-reactive ketones (excluding diaryl/α,β-unsaturated/α-hetero) is 1. The maximum atomic E-state index is 14.0. The molecule has 6 N–H and O–H groups in total. The van der Waals surface area contributed by atoms with E-state index < -0.39 is 41.7 Å². The summed E-state index contributed by atoms with van der Waals surface area (Å²) in [4.78, 5) is 50.0. The zero-order valence-corrected chi connectivity index (χ0v) is 29.5. The second-order valence-electron chi connectivity index (χ2n) is 12.6. The Morgan fingerprint density at radius 3 is 2.69 bits per heavy atom. The molecule has 2 aromatic carbocycles. The Morgan fingerprint density at radius 1 is 1.08 bits per heavy atom. The van der Waals surface area contributed by atoms with Crippen LogP contribution in [0.2, 0.25) is 0 Å². The summed E-state index contributed by atoms with van der Waals surface area (Å²) in [7, 11) is 0. The average Bonchev–Trinajstić information content (AvgIpc) is 3.86. The fourth-order valence-corrected chi connectivity index (χ4v) is 7.54. The van der Waals surface area contributed by atoms with Gasteiger partial charge in [0.1, 0.15) is 12.3 Å². The van der Waals surface area contributed by atoms with Gasteiger partial charge in [0, 0.05) is 29.5 Å². The molecule has 4 atom stereocenters. The number of carbonyl (C=O) groups is 4. The van der Waals surface area contributed by atoms with E-state index in [2.05, 4.69) is 31.6 Å². The summed E-state index contributed by atoms with van der Waals surface area (Å²) in [6.45, 7) is 0.567. The molecule has 17 heteroatoms. The summed E-state index contributed by atoms with van der Waals surface area (Å²) in [6.07, 6.45) is 6.16. The van der Waals surface area contributed by atoms with E-state index in [0.717, 1.165) is 37.1 Å². The minimum atomic E-state index is -0.970. The number of ether oxygens (including phenoxy) is 2. The Labute approximate surface area is 304 Å². The van der Waals surface area contributed by atoms with E-state index >= 15 is 0 Å². The van der Waals surface area contributed by atoms with Gasteiger partial charge in [0.2, 0.25) is 5.91 Å². The fraction of sp³-hybridized carbons (Fsp3) is 0.486. The van der Waals surface area contributed by atoms with Crippen LogP contribution >= 0.6 is 11.8 Å². The highest BCUT2D eigenvalue weighted by molar-refractivity contribution is 8.00. The fourth-order valence-electron chi connectivity index (χ4n) is 5.99. The third-order valence-electron chi connectivity index (χ3n) is 8.73. The number of benzene rings is 2. The van der Waals surface area contributed by atoms with Gasteiger partial charge in [0.25, 0.3) is 5.91 Å². The quantitative estimate of drug-likeness (QED) is 0.0802. The number of nitrogens with two attached hydrogens (primary N) is 1. The number of urea groups is 1. The van der Waals surface area contributed by atoms with E-state index in [1.807, 2.05) is 11.8 Å². The number of fused-ring (bicyclic) bond motifs is 1. The highest BCUT2D eigenvalue weighted by Crippen LogP contribution is 2.33. The molecule has 0 saturated carbocycles. The third kappa shape index (κ3) is 10.9. The van der Waals surface area contributed by atoms with Gasteiger partial charge in [-0.1, -0.05) is 23.8 Å². The predicted molar refractivity (Wildman–Crippen MR) is 189 cm³/mol. The second kappa shape index (κ2) is 19.3. The van der Waals surface area contributed by atoms with E-state index in [4.69, 9.17) is 15.2 Å². The second-order valence-corrected chi connectivity index (χ2v) is 13.9. The molecule has 2 aliphatic heterocycles. The third-order valence-corrected chi connectivity index (χ3v) is 10.2. The number of halogens is 2. The van der Waals surface area contributed by atoms with E-state index in [-0.39, 0.29) is 49.2 Å². The highest BCUT2D eigenvalue weighted by Gasteiger charge is 2.42. The van der Waals surface area contributed by atoms with Crippen LogP contribution in [-0.2, 0) is 20.9 Å². The molecule has 0 aliphatic carbocycles. The smallest absolute Gasteiger partial charge is 0.315 e. The Hall–Kier alpha value is -4.61.